The molecule has 3 rings (SSSR count). The number of nitrogens with one attached hydrogen (secondary N) is 1. The highest BCUT2D eigenvalue weighted by molar-refractivity contribution is 5.81. The number of amides is 1. The van der Waals surface area contributed by atoms with Gasteiger partial charge in [-0.2, -0.15) is 0 Å². The molecule has 0 unspecified atom stereocenters. The number of carbonyl (C=O) groups excluding carboxylic acids is 1. The Kier molecular flexibility index (Phi) is 3.79. The van der Waals surface area contributed by atoms with E-state index in [9.17, 15) is 9.90 Å². The second-order valence-electron chi connectivity index (χ2n) is 4.68. The SMILES string of the molecule is O=C(NC[C@@H](O)c1ccoc1)[C@H]1COc2ccccc2O1. The number of furan rings is 1. The van der Waals surface area contributed by atoms with E-state index in [-0.39, 0.29) is 19.1 Å². The first-order chi connectivity index (χ1) is 10.2. The summed E-state index contributed by atoms with van der Waals surface area (Å²) in [7, 11) is 0. The Balaban J connectivity index is 1.55. The number of aliphatic hydroxyl groups excluding tert-OH is 1. The summed E-state index contributed by atoms with van der Waals surface area (Å²) in [6.45, 7) is 0.227. The van der Waals surface area contributed by atoms with Crippen molar-refractivity contribution in [2.45, 2.75) is 12.2 Å². The fourth-order valence-electron chi connectivity index (χ4n) is 2.04. The second kappa shape index (κ2) is 5.88. The Morgan fingerprint density at radius 1 is 1.33 bits per heavy atom. The van der Waals surface area contributed by atoms with Crippen molar-refractivity contribution in [3.8, 4) is 11.5 Å². The number of fused-ring (bicyclic) bond motifs is 1. The van der Waals surface area contributed by atoms with Crippen LogP contribution in [0.2, 0.25) is 0 Å². The van der Waals surface area contributed by atoms with Crippen LogP contribution in [0.4, 0.5) is 0 Å². The van der Waals surface area contributed by atoms with Crippen LogP contribution < -0.4 is 14.8 Å². The molecule has 110 valence electrons. The fraction of sp³-hybridized carbons (Fsp3) is 0.267. The molecular weight excluding hydrogens is 274 g/mol. The van der Waals surface area contributed by atoms with E-state index in [0.29, 0.717) is 17.1 Å². The van der Waals surface area contributed by atoms with E-state index in [2.05, 4.69) is 5.32 Å². The van der Waals surface area contributed by atoms with Gasteiger partial charge in [0.2, 0.25) is 6.10 Å². The van der Waals surface area contributed by atoms with Crippen molar-refractivity contribution in [1.82, 2.24) is 5.32 Å². The molecule has 1 aromatic heterocycles. The van der Waals surface area contributed by atoms with Gasteiger partial charge in [-0.15, -0.1) is 0 Å². The van der Waals surface area contributed by atoms with Gasteiger partial charge in [-0.3, -0.25) is 4.79 Å². The minimum absolute atomic E-state index is 0.0832. The highest BCUT2D eigenvalue weighted by Crippen LogP contribution is 2.30. The maximum Gasteiger partial charge on any atom is 0.264 e. The largest absolute Gasteiger partial charge is 0.485 e. The van der Waals surface area contributed by atoms with E-state index in [1.54, 1.807) is 18.2 Å². The summed E-state index contributed by atoms with van der Waals surface area (Å²) in [6, 6.07) is 8.82. The molecule has 0 saturated carbocycles. The van der Waals surface area contributed by atoms with Crippen molar-refractivity contribution >= 4 is 5.91 Å². The van der Waals surface area contributed by atoms with Crippen LogP contribution >= 0.6 is 0 Å². The van der Waals surface area contributed by atoms with Gasteiger partial charge in [-0.1, -0.05) is 12.1 Å². The van der Waals surface area contributed by atoms with Gasteiger partial charge in [0, 0.05) is 12.1 Å². The van der Waals surface area contributed by atoms with Gasteiger partial charge in [0.05, 0.1) is 18.6 Å². The van der Waals surface area contributed by atoms with Gasteiger partial charge in [-0.05, 0) is 18.2 Å². The van der Waals surface area contributed by atoms with Gasteiger partial charge in [0.1, 0.15) is 6.61 Å². The Bertz CT molecular complexity index is 610. The molecule has 0 fully saturated rings. The molecule has 1 aliphatic heterocycles. The molecule has 21 heavy (non-hydrogen) atoms. The van der Waals surface area contributed by atoms with Crippen molar-refractivity contribution in [2.75, 3.05) is 13.2 Å². The summed E-state index contributed by atoms with van der Waals surface area (Å²) in [4.78, 5) is 12.0. The summed E-state index contributed by atoms with van der Waals surface area (Å²) < 4.78 is 15.9. The lowest BCUT2D eigenvalue weighted by Gasteiger charge is -2.25. The quantitative estimate of drug-likeness (QED) is 0.886. The van der Waals surface area contributed by atoms with Crippen LogP contribution in [0.3, 0.4) is 0 Å². The van der Waals surface area contributed by atoms with Crippen molar-refractivity contribution in [1.29, 1.82) is 0 Å². The minimum Gasteiger partial charge on any atom is -0.485 e. The zero-order valence-corrected chi connectivity index (χ0v) is 11.2. The molecule has 0 aliphatic carbocycles. The smallest absolute Gasteiger partial charge is 0.264 e. The van der Waals surface area contributed by atoms with E-state index in [1.165, 1.54) is 12.5 Å². The summed E-state index contributed by atoms with van der Waals surface area (Å²) in [5.41, 5.74) is 0.612. The Hall–Kier alpha value is -2.47. The Morgan fingerprint density at radius 2 is 2.14 bits per heavy atom. The number of carbonyl (C=O) groups is 1. The van der Waals surface area contributed by atoms with Crippen LogP contribution in [-0.2, 0) is 4.79 Å². The number of benzene rings is 1. The van der Waals surface area contributed by atoms with E-state index in [0.717, 1.165) is 0 Å². The lowest BCUT2D eigenvalue weighted by atomic mass is 10.2. The maximum absolute atomic E-state index is 12.0. The van der Waals surface area contributed by atoms with Gasteiger partial charge in [0.25, 0.3) is 5.91 Å². The van der Waals surface area contributed by atoms with Crippen molar-refractivity contribution in [3.63, 3.8) is 0 Å². The number of hydrogen-bond acceptors (Lipinski definition) is 5. The molecule has 0 saturated heterocycles. The maximum atomic E-state index is 12.0. The average Bonchev–Trinajstić information content (AvgIpc) is 3.06. The third kappa shape index (κ3) is 3.00. The summed E-state index contributed by atoms with van der Waals surface area (Å²) in [5, 5.41) is 12.5. The van der Waals surface area contributed by atoms with Crippen LogP contribution in [-0.4, -0.2) is 30.3 Å². The van der Waals surface area contributed by atoms with Gasteiger partial charge in [-0.25, -0.2) is 0 Å². The van der Waals surface area contributed by atoms with E-state index < -0.39 is 12.2 Å². The lowest BCUT2D eigenvalue weighted by molar-refractivity contribution is -0.130. The topological polar surface area (TPSA) is 80.9 Å². The third-order valence-electron chi connectivity index (χ3n) is 3.20. The van der Waals surface area contributed by atoms with E-state index in [1.807, 2.05) is 12.1 Å². The summed E-state index contributed by atoms with van der Waals surface area (Å²) in [5.74, 6) is 0.839. The van der Waals surface area contributed by atoms with Crippen molar-refractivity contribution < 1.29 is 23.8 Å². The van der Waals surface area contributed by atoms with Gasteiger partial charge in [0.15, 0.2) is 11.5 Å². The Labute approximate surface area is 121 Å². The molecule has 0 radical (unpaired) electrons. The molecule has 6 nitrogen and oxygen atoms in total. The molecule has 1 amide bonds. The van der Waals surface area contributed by atoms with Crippen LogP contribution in [0.5, 0.6) is 11.5 Å². The number of para-hydroxylation sites is 2. The molecule has 2 atom stereocenters. The highest BCUT2D eigenvalue weighted by Gasteiger charge is 2.27. The van der Waals surface area contributed by atoms with Gasteiger partial charge >= 0.3 is 0 Å². The number of ether oxygens (including phenoxy) is 2. The number of hydrogen-bond donors (Lipinski definition) is 2. The first kappa shape index (κ1) is 13.5. The normalized spacial score (nSPS) is 18.0. The summed E-state index contributed by atoms with van der Waals surface area (Å²) >= 11 is 0. The molecule has 2 aromatic rings. The zero-order chi connectivity index (χ0) is 14.7. The lowest BCUT2D eigenvalue weighted by Crippen LogP contribution is -2.45. The average molecular weight is 289 g/mol. The monoisotopic (exact) mass is 289 g/mol. The predicted octanol–water partition coefficient (Wildman–Crippen LogP) is 1.27. The van der Waals surface area contributed by atoms with Gasteiger partial charge < -0.3 is 24.3 Å². The molecule has 2 N–H and O–H groups in total. The van der Waals surface area contributed by atoms with Crippen LogP contribution in [0, 0.1) is 0 Å². The number of aliphatic hydroxyl groups is 1. The molecule has 0 bridgehead atoms. The molecule has 1 aliphatic rings. The first-order valence-corrected chi connectivity index (χ1v) is 6.60. The number of rotatable bonds is 4. The molecule has 0 spiro atoms. The van der Waals surface area contributed by atoms with E-state index >= 15 is 0 Å². The molecular formula is C15H15NO5. The van der Waals surface area contributed by atoms with Crippen LogP contribution in [0.15, 0.2) is 47.3 Å². The Morgan fingerprint density at radius 3 is 2.90 bits per heavy atom. The molecule has 2 heterocycles. The van der Waals surface area contributed by atoms with Crippen LogP contribution in [0.1, 0.15) is 11.7 Å². The van der Waals surface area contributed by atoms with Crippen molar-refractivity contribution in [3.05, 3.63) is 48.4 Å². The minimum atomic E-state index is -0.815. The standard InChI is InChI=1S/C15H15NO5/c17-11(10-5-6-19-8-10)7-16-15(18)14-9-20-12-3-1-2-4-13(12)21-14/h1-6,8,11,14,17H,7,9H2,(H,16,18)/t11-,14-/m1/s1. The zero-order valence-electron chi connectivity index (χ0n) is 11.2. The van der Waals surface area contributed by atoms with Crippen molar-refractivity contribution in [2.24, 2.45) is 0 Å². The van der Waals surface area contributed by atoms with E-state index in [4.69, 9.17) is 13.9 Å². The van der Waals surface area contributed by atoms with Crippen LogP contribution in [0.25, 0.3) is 0 Å². The molecule has 6 heteroatoms. The third-order valence-corrected chi connectivity index (χ3v) is 3.20. The highest BCUT2D eigenvalue weighted by atomic mass is 16.6. The second-order valence-corrected chi connectivity index (χ2v) is 4.68. The summed E-state index contributed by atoms with van der Waals surface area (Å²) in [6.07, 6.45) is 1.36. The first-order valence-electron chi connectivity index (χ1n) is 6.60. The fourth-order valence-corrected chi connectivity index (χ4v) is 2.04. The predicted molar refractivity (Wildman–Crippen MR) is 73.0 cm³/mol. The molecule has 1 aromatic carbocycles.